The highest BCUT2D eigenvalue weighted by Crippen LogP contribution is 2.61. The van der Waals surface area contributed by atoms with Crippen LogP contribution in [0.1, 0.15) is 53.4 Å². The highest BCUT2D eigenvalue weighted by molar-refractivity contribution is 5.98. The molecule has 0 aromatic heterocycles. The standard InChI is InChI=1S/C23H31NO3/c1-13-17-10-15(23(17,3)4)11-21(13)27-22-12-16(6-9-20(22)26-5)24-18-7-8-19(25)14(18)2/h6,9,12-13,15,17,21,24H,7-8,10-11H2,1-5H3/t13-,15+,17-,21+/m1/s1. The molecule has 1 aromatic rings. The van der Waals surface area contributed by atoms with Gasteiger partial charge in [0.1, 0.15) is 6.10 Å². The first-order chi connectivity index (χ1) is 12.8. The van der Waals surface area contributed by atoms with Crippen molar-refractivity contribution in [1.29, 1.82) is 0 Å². The van der Waals surface area contributed by atoms with Crippen LogP contribution in [0.5, 0.6) is 11.5 Å². The zero-order valence-corrected chi connectivity index (χ0v) is 17.1. The van der Waals surface area contributed by atoms with Gasteiger partial charge in [0, 0.05) is 29.4 Å². The number of rotatable bonds is 5. The number of fused-ring (bicyclic) bond motifs is 2. The zero-order valence-electron chi connectivity index (χ0n) is 17.1. The third kappa shape index (κ3) is 3.03. The van der Waals surface area contributed by atoms with Crippen LogP contribution < -0.4 is 14.8 Å². The summed E-state index contributed by atoms with van der Waals surface area (Å²) in [7, 11) is 1.68. The molecule has 3 saturated carbocycles. The van der Waals surface area contributed by atoms with Crippen molar-refractivity contribution in [2.75, 3.05) is 12.4 Å². The predicted molar refractivity (Wildman–Crippen MR) is 107 cm³/mol. The molecule has 0 aliphatic heterocycles. The molecule has 0 heterocycles. The Hall–Kier alpha value is -1.97. The molecule has 146 valence electrons. The summed E-state index contributed by atoms with van der Waals surface area (Å²) in [5, 5.41) is 3.42. The van der Waals surface area contributed by atoms with Gasteiger partial charge >= 0.3 is 0 Å². The Morgan fingerprint density at radius 1 is 1.15 bits per heavy atom. The molecule has 4 aliphatic carbocycles. The number of hydrogen-bond acceptors (Lipinski definition) is 4. The van der Waals surface area contributed by atoms with Gasteiger partial charge in [-0.2, -0.15) is 0 Å². The lowest BCUT2D eigenvalue weighted by molar-refractivity contribution is -0.147. The number of ketones is 1. The van der Waals surface area contributed by atoms with E-state index in [9.17, 15) is 4.79 Å². The van der Waals surface area contributed by atoms with Crippen LogP contribution in [0, 0.1) is 23.2 Å². The fourth-order valence-electron chi connectivity index (χ4n) is 5.38. The first kappa shape index (κ1) is 18.4. The molecular weight excluding hydrogens is 338 g/mol. The lowest BCUT2D eigenvalue weighted by Gasteiger charge is -2.61. The minimum absolute atomic E-state index is 0.236. The number of anilines is 1. The highest BCUT2D eigenvalue weighted by atomic mass is 16.5. The van der Waals surface area contributed by atoms with Crippen molar-refractivity contribution in [3.05, 3.63) is 29.5 Å². The second-order valence-corrected chi connectivity index (χ2v) is 9.13. The topological polar surface area (TPSA) is 47.6 Å². The van der Waals surface area contributed by atoms with Crippen LogP contribution >= 0.6 is 0 Å². The van der Waals surface area contributed by atoms with E-state index in [1.165, 1.54) is 6.42 Å². The van der Waals surface area contributed by atoms with E-state index in [1.807, 2.05) is 25.1 Å². The van der Waals surface area contributed by atoms with Gasteiger partial charge in [-0.15, -0.1) is 0 Å². The van der Waals surface area contributed by atoms with E-state index < -0.39 is 0 Å². The summed E-state index contributed by atoms with van der Waals surface area (Å²) >= 11 is 0. The second-order valence-electron chi connectivity index (χ2n) is 9.13. The molecule has 0 saturated heterocycles. The lowest BCUT2D eigenvalue weighted by atomic mass is 9.45. The van der Waals surface area contributed by atoms with Crippen LogP contribution in [0.25, 0.3) is 0 Å². The van der Waals surface area contributed by atoms with E-state index in [4.69, 9.17) is 9.47 Å². The van der Waals surface area contributed by atoms with Crippen LogP contribution in [0.4, 0.5) is 5.69 Å². The normalized spacial score (nSPS) is 31.5. The van der Waals surface area contributed by atoms with Crippen LogP contribution in [0.3, 0.4) is 0 Å². The van der Waals surface area contributed by atoms with Gasteiger partial charge in [-0.1, -0.05) is 20.8 Å². The maximum Gasteiger partial charge on any atom is 0.163 e. The highest BCUT2D eigenvalue weighted by Gasteiger charge is 2.57. The summed E-state index contributed by atoms with van der Waals surface area (Å²) < 4.78 is 12.0. The van der Waals surface area contributed by atoms with Gasteiger partial charge in [-0.05, 0) is 61.5 Å². The van der Waals surface area contributed by atoms with Crippen molar-refractivity contribution < 1.29 is 14.3 Å². The average molecular weight is 370 g/mol. The number of benzene rings is 1. The van der Waals surface area contributed by atoms with Crippen LogP contribution in [0.15, 0.2) is 29.5 Å². The van der Waals surface area contributed by atoms with Crippen LogP contribution in [0.2, 0.25) is 0 Å². The molecule has 4 aliphatic rings. The number of methoxy groups -OCH3 is 1. The van der Waals surface area contributed by atoms with E-state index in [0.717, 1.165) is 53.1 Å². The van der Waals surface area contributed by atoms with Gasteiger partial charge in [0.05, 0.1) is 7.11 Å². The summed E-state index contributed by atoms with van der Waals surface area (Å²) in [6.45, 7) is 9.04. The van der Waals surface area contributed by atoms with E-state index >= 15 is 0 Å². The molecule has 27 heavy (non-hydrogen) atoms. The van der Waals surface area contributed by atoms with Gasteiger partial charge < -0.3 is 14.8 Å². The molecular formula is C23H31NO3. The Morgan fingerprint density at radius 2 is 1.93 bits per heavy atom. The lowest BCUT2D eigenvalue weighted by Crippen LogP contribution is -2.57. The van der Waals surface area contributed by atoms with Crippen molar-refractivity contribution in [3.63, 3.8) is 0 Å². The number of carbonyl (C=O) groups excluding carboxylic acids is 1. The van der Waals surface area contributed by atoms with Crippen LogP contribution in [-0.2, 0) is 4.79 Å². The molecule has 4 heteroatoms. The van der Waals surface area contributed by atoms with Crippen molar-refractivity contribution >= 4 is 11.5 Å². The van der Waals surface area contributed by atoms with E-state index in [2.05, 4.69) is 26.1 Å². The molecule has 3 fully saturated rings. The van der Waals surface area contributed by atoms with Gasteiger partial charge in [0.15, 0.2) is 17.3 Å². The monoisotopic (exact) mass is 369 g/mol. The minimum Gasteiger partial charge on any atom is -0.493 e. The summed E-state index contributed by atoms with van der Waals surface area (Å²) in [4.78, 5) is 11.8. The number of ether oxygens (including phenoxy) is 2. The molecule has 5 rings (SSSR count). The van der Waals surface area contributed by atoms with Gasteiger partial charge in [0.2, 0.25) is 0 Å². The fraction of sp³-hybridized carbons (Fsp3) is 0.609. The first-order valence-corrected chi connectivity index (χ1v) is 10.2. The third-order valence-corrected chi connectivity index (χ3v) is 7.49. The van der Waals surface area contributed by atoms with E-state index in [0.29, 0.717) is 17.8 Å². The number of allylic oxidation sites excluding steroid dienone is 2. The second kappa shape index (κ2) is 6.57. The van der Waals surface area contributed by atoms with Crippen molar-refractivity contribution in [2.24, 2.45) is 23.2 Å². The predicted octanol–water partition coefficient (Wildman–Crippen LogP) is 5.19. The Morgan fingerprint density at radius 3 is 2.52 bits per heavy atom. The van der Waals surface area contributed by atoms with E-state index in [1.54, 1.807) is 7.11 Å². The molecule has 0 spiro atoms. The maximum atomic E-state index is 11.8. The quantitative estimate of drug-likeness (QED) is 0.775. The summed E-state index contributed by atoms with van der Waals surface area (Å²) in [6.07, 6.45) is 4.08. The number of carbonyl (C=O) groups is 1. The number of nitrogens with one attached hydrogen (secondary N) is 1. The number of Topliss-reactive ketones (excluding diaryl/α,β-unsaturated/α-hetero) is 1. The Balaban J connectivity index is 1.53. The molecule has 4 atom stereocenters. The molecule has 1 N–H and O–H groups in total. The van der Waals surface area contributed by atoms with Gasteiger partial charge in [-0.3, -0.25) is 4.79 Å². The minimum atomic E-state index is 0.236. The maximum absolute atomic E-state index is 11.8. The smallest absolute Gasteiger partial charge is 0.163 e. The SMILES string of the molecule is COc1ccc(NC2=C(C)C(=O)CC2)cc1O[C@H]1C[C@@H]2C[C@H]([C@H]1C)C2(C)C. The Bertz CT molecular complexity index is 795. The van der Waals surface area contributed by atoms with Crippen LogP contribution in [-0.4, -0.2) is 19.0 Å². The molecule has 1 aromatic carbocycles. The first-order valence-electron chi connectivity index (χ1n) is 10.2. The Kier molecular flexibility index (Phi) is 4.48. The summed E-state index contributed by atoms with van der Waals surface area (Å²) in [5.41, 5.74) is 3.26. The average Bonchev–Trinajstić information content (AvgIpc) is 2.95. The summed E-state index contributed by atoms with van der Waals surface area (Å²) in [5.74, 6) is 3.84. The third-order valence-electron chi connectivity index (χ3n) is 7.49. The fourth-order valence-corrected chi connectivity index (χ4v) is 5.38. The molecule has 2 bridgehead atoms. The molecule has 0 amide bonds. The molecule has 0 radical (unpaired) electrons. The van der Waals surface area contributed by atoms with Gasteiger partial charge in [-0.25, -0.2) is 0 Å². The van der Waals surface area contributed by atoms with Crippen molar-refractivity contribution in [1.82, 2.24) is 0 Å². The van der Waals surface area contributed by atoms with E-state index in [-0.39, 0.29) is 11.9 Å². The van der Waals surface area contributed by atoms with Crippen molar-refractivity contribution in [2.45, 2.75) is 59.5 Å². The molecule has 0 unspecified atom stereocenters. The zero-order chi connectivity index (χ0) is 19.3. The number of hydrogen-bond donors (Lipinski definition) is 1. The largest absolute Gasteiger partial charge is 0.493 e. The van der Waals surface area contributed by atoms with Gasteiger partial charge in [0.25, 0.3) is 0 Å². The van der Waals surface area contributed by atoms with Crippen molar-refractivity contribution in [3.8, 4) is 11.5 Å². The summed E-state index contributed by atoms with van der Waals surface area (Å²) in [6, 6.07) is 5.95. The molecule has 4 nitrogen and oxygen atoms in total. The Labute approximate surface area is 162 Å².